The molecule has 64 heavy (non-hydrogen) atoms. The maximum atomic E-state index is 13.0. The molecule has 348 valence electrons. The Morgan fingerprint density at radius 3 is 2.03 bits per heavy atom. The lowest BCUT2D eigenvalue weighted by Crippen LogP contribution is -2.64. The highest BCUT2D eigenvalue weighted by Crippen LogP contribution is 2.43. The smallest absolute Gasteiger partial charge is 0.416 e. The number of ether oxygens (including phenoxy) is 7. The van der Waals surface area contributed by atoms with Crippen LogP contribution in [0.25, 0.3) is 22.3 Å². The zero-order valence-electron chi connectivity index (χ0n) is 32.7. The van der Waals surface area contributed by atoms with E-state index in [1.54, 1.807) is 0 Å². The lowest BCUT2D eigenvalue weighted by Gasteiger charge is -2.45. The number of aliphatic hydroxyl groups is 8. The standard InChI is InChI=1S/C40H41F3O21/c41-40(42,43)16-4-1-14(2-5-16)36(56)57-12-25-28(50)30(52)33(55)37(62-25)59-13-26-29(51)31(53)35(64-38-32(54)27(49)22(48)11-58-38)39(63-26)61-24-10-18-20(46)8-17(44)9-23(18)60-34(24)15-3-6-19(45)21(47)7-15/h1-10,22,25-33,35,37-39,48-55H,11-13H2,(H3-,44,45,46,47)/p+1/t22-,25-,26-,27+,28-,29+,30+,31+,32-,33-,35-,37-,38+,39-/m1/s1. The molecule has 14 atom stereocenters. The van der Waals surface area contributed by atoms with Crippen molar-refractivity contribution in [3.63, 3.8) is 0 Å². The van der Waals surface area contributed by atoms with Crippen molar-refractivity contribution in [3.05, 3.63) is 71.8 Å². The summed E-state index contributed by atoms with van der Waals surface area (Å²) in [5.74, 6) is -3.80. The lowest BCUT2D eigenvalue weighted by molar-refractivity contribution is -0.353. The summed E-state index contributed by atoms with van der Waals surface area (Å²) >= 11 is 0. The van der Waals surface area contributed by atoms with Gasteiger partial charge in [-0.1, -0.05) is 0 Å². The molecular weight excluding hydrogens is 873 g/mol. The van der Waals surface area contributed by atoms with Crippen LogP contribution in [0, 0.1) is 0 Å². The van der Waals surface area contributed by atoms with E-state index in [1.165, 1.54) is 12.1 Å². The summed E-state index contributed by atoms with van der Waals surface area (Å²) in [4.78, 5) is 12.6. The number of hydrogen-bond acceptors (Lipinski definition) is 20. The number of fused-ring (bicyclic) bond motifs is 1. The van der Waals surface area contributed by atoms with Gasteiger partial charge in [0.05, 0.1) is 36.0 Å². The van der Waals surface area contributed by atoms with Gasteiger partial charge in [0.15, 0.2) is 30.2 Å². The molecule has 0 bridgehead atoms. The highest BCUT2D eigenvalue weighted by molar-refractivity contribution is 5.89. The maximum Gasteiger partial charge on any atom is 0.416 e. The molecule has 12 N–H and O–H groups in total. The molecule has 7 rings (SSSR count). The molecule has 3 saturated heterocycles. The largest absolute Gasteiger partial charge is 0.507 e. The third-order valence-corrected chi connectivity index (χ3v) is 10.6. The highest BCUT2D eigenvalue weighted by atomic mass is 19.4. The van der Waals surface area contributed by atoms with E-state index in [4.69, 9.17) is 37.6 Å². The summed E-state index contributed by atoms with van der Waals surface area (Å²) in [5.41, 5.74) is -1.43. The molecule has 21 nitrogen and oxygen atoms in total. The quantitative estimate of drug-likeness (QED) is 0.0515. The van der Waals surface area contributed by atoms with Gasteiger partial charge in [-0.25, -0.2) is 9.21 Å². The van der Waals surface area contributed by atoms with E-state index in [-0.39, 0.29) is 33.6 Å². The first-order valence-electron chi connectivity index (χ1n) is 19.2. The molecule has 4 aromatic rings. The van der Waals surface area contributed by atoms with Crippen molar-refractivity contribution in [3.8, 4) is 40.1 Å². The second-order valence-corrected chi connectivity index (χ2v) is 15.0. The molecule has 24 heteroatoms. The van der Waals surface area contributed by atoms with Crippen LogP contribution in [0.1, 0.15) is 15.9 Å². The minimum atomic E-state index is -4.67. The summed E-state index contributed by atoms with van der Waals surface area (Å²) < 4.78 is 84.5. The van der Waals surface area contributed by atoms with Crippen LogP contribution in [0.3, 0.4) is 0 Å². The van der Waals surface area contributed by atoms with E-state index < -0.39 is 147 Å². The zero-order chi connectivity index (χ0) is 46.4. The van der Waals surface area contributed by atoms with Crippen molar-refractivity contribution in [1.82, 2.24) is 0 Å². The topological polar surface area (TPSA) is 336 Å². The van der Waals surface area contributed by atoms with E-state index in [0.29, 0.717) is 12.1 Å². The molecular formula is C40H42F3O21+. The average molecular weight is 916 g/mol. The maximum absolute atomic E-state index is 13.0. The molecule has 0 amide bonds. The van der Waals surface area contributed by atoms with E-state index in [2.05, 4.69) is 0 Å². The summed E-state index contributed by atoms with van der Waals surface area (Å²) in [6.45, 7) is -2.20. The van der Waals surface area contributed by atoms with Crippen molar-refractivity contribution in [2.45, 2.75) is 92.2 Å². The van der Waals surface area contributed by atoms with E-state index >= 15 is 0 Å². The van der Waals surface area contributed by atoms with Gasteiger partial charge in [0, 0.05) is 18.2 Å². The van der Waals surface area contributed by atoms with Gasteiger partial charge >= 0.3 is 23.5 Å². The van der Waals surface area contributed by atoms with Gasteiger partial charge in [-0.2, -0.15) is 13.2 Å². The summed E-state index contributed by atoms with van der Waals surface area (Å²) in [7, 11) is 0. The Labute approximate surface area is 357 Å². The number of esters is 1. The van der Waals surface area contributed by atoms with Crippen molar-refractivity contribution in [1.29, 1.82) is 0 Å². The lowest BCUT2D eigenvalue weighted by atomic mass is 9.97. The van der Waals surface area contributed by atoms with E-state index in [9.17, 15) is 79.2 Å². The third-order valence-electron chi connectivity index (χ3n) is 10.6. The molecule has 0 unspecified atom stereocenters. The monoisotopic (exact) mass is 915 g/mol. The van der Waals surface area contributed by atoms with Gasteiger partial charge in [0.25, 0.3) is 0 Å². The number of halogens is 3. The molecule has 0 aliphatic carbocycles. The molecule has 0 radical (unpaired) electrons. The minimum Gasteiger partial charge on any atom is -0.507 e. The number of alkyl halides is 3. The fourth-order valence-electron chi connectivity index (χ4n) is 7.02. The number of rotatable bonds is 11. The SMILES string of the molecule is O=C(OC[C@H]1O[C@@H](OC[C@H]2O[C@@H](Oc3cc4c(O)cc(O)cc4[o+]c3-c3ccc(O)c(O)c3)[C@H](O[C@@H]3OC[C@@H](O)[C@H](O)[C@H]3O)[C@@H](O)[C@H]2O)[C@H](O)[C@@H](O)[C@@H]1O)c1ccc(C(F)(F)F)cc1. The number of aliphatic hydroxyl groups excluding tert-OH is 8. The van der Waals surface area contributed by atoms with Gasteiger partial charge in [-0.05, 0) is 36.4 Å². The van der Waals surface area contributed by atoms with Gasteiger partial charge in [0.1, 0.15) is 84.5 Å². The first-order valence-corrected chi connectivity index (χ1v) is 19.2. The number of phenols is 4. The predicted molar refractivity (Wildman–Crippen MR) is 201 cm³/mol. The molecule has 3 fully saturated rings. The predicted octanol–water partition coefficient (Wildman–Crippen LogP) is -0.447. The van der Waals surface area contributed by atoms with Crippen molar-refractivity contribution in [2.75, 3.05) is 19.8 Å². The molecule has 4 heterocycles. The number of carbonyl (C=O) groups excluding carboxylic acids is 1. The third kappa shape index (κ3) is 9.74. The van der Waals surface area contributed by atoms with Crippen molar-refractivity contribution in [2.24, 2.45) is 0 Å². The minimum absolute atomic E-state index is 0.0238. The Kier molecular flexibility index (Phi) is 13.7. The second-order valence-electron chi connectivity index (χ2n) is 15.0. The molecule has 3 aliphatic heterocycles. The van der Waals surface area contributed by atoms with Crippen LogP contribution in [0.2, 0.25) is 0 Å². The van der Waals surface area contributed by atoms with Crippen LogP contribution in [0.15, 0.2) is 65.1 Å². The second kappa shape index (κ2) is 18.7. The Balaban J connectivity index is 1.14. The zero-order valence-corrected chi connectivity index (χ0v) is 32.7. The Morgan fingerprint density at radius 1 is 0.688 bits per heavy atom. The van der Waals surface area contributed by atoms with Gasteiger partial charge in [-0.3, -0.25) is 0 Å². The molecule has 1 aromatic heterocycles. The Morgan fingerprint density at radius 2 is 1.34 bits per heavy atom. The van der Waals surface area contributed by atoms with Crippen molar-refractivity contribution < 1.29 is 117 Å². The van der Waals surface area contributed by atoms with Gasteiger partial charge in [0.2, 0.25) is 12.0 Å². The highest BCUT2D eigenvalue weighted by Gasteiger charge is 2.52. The fourth-order valence-corrected chi connectivity index (χ4v) is 7.02. The van der Waals surface area contributed by atoms with E-state index in [1.807, 2.05) is 0 Å². The number of hydrogen-bond donors (Lipinski definition) is 12. The first kappa shape index (κ1) is 46.8. The van der Waals surface area contributed by atoms with Crippen LogP contribution >= 0.6 is 0 Å². The molecule has 3 aliphatic rings. The number of aromatic hydroxyl groups is 4. The summed E-state index contributed by atoms with van der Waals surface area (Å²) in [6, 6.07) is 9.72. The first-order chi connectivity index (χ1) is 30.2. The Bertz CT molecular complexity index is 2280. The number of phenolic OH excluding ortho intramolecular Hbond substituents is 4. The van der Waals surface area contributed by atoms with Crippen LogP contribution in [-0.4, -0.2) is 173 Å². The van der Waals surface area contributed by atoms with Crippen LogP contribution in [0.4, 0.5) is 13.2 Å². The molecule has 3 aromatic carbocycles. The van der Waals surface area contributed by atoms with Crippen LogP contribution < -0.4 is 4.74 Å². The normalized spacial score (nSPS) is 32.3. The molecule has 0 spiro atoms. The van der Waals surface area contributed by atoms with Crippen LogP contribution in [0.5, 0.6) is 28.7 Å². The molecule has 0 saturated carbocycles. The summed E-state index contributed by atoms with van der Waals surface area (Å²) in [6.07, 6.45) is -30.7. The van der Waals surface area contributed by atoms with Gasteiger partial charge in [-0.15, -0.1) is 0 Å². The van der Waals surface area contributed by atoms with Crippen molar-refractivity contribution >= 4 is 16.9 Å². The fraction of sp³-hybridized carbons (Fsp3) is 0.450. The Hall–Kier alpha value is -5.19. The van der Waals surface area contributed by atoms with E-state index in [0.717, 1.165) is 36.4 Å². The summed E-state index contributed by atoms with van der Waals surface area (Å²) in [5, 5.41) is 127. The number of benzene rings is 3. The van der Waals surface area contributed by atoms with Gasteiger partial charge < -0.3 is 94.4 Å². The van der Waals surface area contributed by atoms with Crippen LogP contribution in [-0.2, 0) is 34.6 Å². The number of carbonyl (C=O) groups is 1. The average Bonchev–Trinajstić information content (AvgIpc) is 3.25.